The van der Waals surface area contributed by atoms with Gasteiger partial charge in [-0.15, -0.1) is 0 Å². The summed E-state index contributed by atoms with van der Waals surface area (Å²) in [5, 5.41) is 0. The molecule has 0 aliphatic carbocycles. The third-order valence-corrected chi connectivity index (χ3v) is 6.22. The van der Waals surface area contributed by atoms with Crippen LogP contribution in [0.4, 0.5) is 23.7 Å². The van der Waals surface area contributed by atoms with Gasteiger partial charge in [-0.3, -0.25) is 4.90 Å². The molecule has 2 aromatic carbocycles. The quantitative estimate of drug-likeness (QED) is 0.615. The van der Waals surface area contributed by atoms with Gasteiger partial charge in [0.2, 0.25) is 0 Å². The summed E-state index contributed by atoms with van der Waals surface area (Å²) >= 11 is 0. The van der Waals surface area contributed by atoms with Gasteiger partial charge in [0.25, 0.3) is 0 Å². The molecule has 0 bridgehead atoms. The number of nitrogens with zero attached hydrogens (tertiary/aromatic N) is 3. The summed E-state index contributed by atoms with van der Waals surface area (Å²) in [7, 11) is 0. The van der Waals surface area contributed by atoms with Gasteiger partial charge in [0.05, 0.1) is 12.2 Å². The first-order valence-electron chi connectivity index (χ1n) is 11.0. The number of carbonyl (C=O) groups is 1. The van der Waals surface area contributed by atoms with Gasteiger partial charge in [0.15, 0.2) is 0 Å². The molecule has 2 fully saturated rings. The average Bonchev–Trinajstić information content (AvgIpc) is 3.17. The Kier molecular flexibility index (Phi) is 6.89. The number of likely N-dealkylation sites (tertiary alicyclic amines) is 1. The predicted molar refractivity (Wildman–Crippen MR) is 117 cm³/mol. The fourth-order valence-corrected chi connectivity index (χ4v) is 4.23. The van der Waals surface area contributed by atoms with Crippen molar-refractivity contribution in [3.05, 3.63) is 60.2 Å². The van der Waals surface area contributed by atoms with Crippen molar-refractivity contribution in [2.75, 3.05) is 50.8 Å². The van der Waals surface area contributed by atoms with Crippen LogP contribution in [-0.2, 0) is 6.18 Å². The lowest BCUT2D eigenvalue weighted by atomic mass is 9.98. The standard InChI is InChI=1S/C24H28F3N3O2/c25-24(26,27)20-6-8-21(9-7-20)30-17-16-29(23(30)31)15-14-28-12-10-19(11-13-28)18-32-22-4-2-1-3-5-22/h1-9,19H,10-18H2. The zero-order chi connectivity index (χ0) is 22.6. The van der Waals surface area contributed by atoms with Crippen LogP contribution in [0.2, 0.25) is 0 Å². The number of anilines is 1. The Morgan fingerprint density at radius 3 is 2.22 bits per heavy atom. The van der Waals surface area contributed by atoms with E-state index in [9.17, 15) is 18.0 Å². The summed E-state index contributed by atoms with van der Waals surface area (Å²) in [5.74, 6) is 1.44. The van der Waals surface area contributed by atoms with E-state index in [4.69, 9.17) is 4.74 Å². The second-order valence-electron chi connectivity index (χ2n) is 8.37. The summed E-state index contributed by atoms with van der Waals surface area (Å²) < 4.78 is 44.1. The smallest absolute Gasteiger partial charge is 0.416 e. The molecular formula is C24H28F3N3O2. The zero-order valence-corrected chi connectivity index (χ0v) is 17.9. The number of hydrogen-bond donors (Lipinski definition) is 0. The van der Waals surface area contributed by atoms with Crippen LogP contribution in [0.3, 0.4) is 0 Å². The Bertz CT molecular complexity index is 882. The molecule has 2 heterocycles. The number of para-hydroxylation sites is 1. The molecule has 0 saturated carbocycles. The number of urea groups is 1. The zero-order valence-electron chi connectivity index (χ0n) is 17.9. The molecule has 0 aromatic heterocycles. The van der Waals surface area contributed by atoms with Crippen LogP contribution in [0.25, 0.3) is 0 Å². The molecule has 2 aromatic rings. The number of piperidine rings is 1. The van der Waals surface area contributed by atoms with E-state index >= 15 is 0 Å². The topological polar surface area (TPSA) is 36.0 Å². The molecule has 32 heavy (non-hydrogen) atoms. The summed E-state index contributed by atoms with van der Waals surface area (Å²) in [6.45, 7) is 5.19. The van der Waals surface area contributed by atoms with Crippen LogP contribution in [0.5, 0.6) is 5.75 Å². The van der Waals surface area contributed by atoms with E-state index in [1.807, 2.05) is 30.3 Å². The first-order chi connectivity index (χ1) is 15.4. The van der Waals surface area contributed by atoms with Crippen molar-refractivity contribution in [3.63, 3.8) is 0 Å². The Labute approximate surface area is 186 Å². The van der Waals surface area contributed by atoms with Crippen LogP contribution in [0.1, 0.15) is 18.4 Å². The molecule has 172 valence electrons. The lowest BCUT2D eigenvalue weighted by Gasteiger charge is -2.32. The lowest BCUT2D eigenvalue weighted by Crippen LogP contribution is -2.41. The highest BCUT2D eigenvalue weighted by Gasteiger charge is 2.33. The molecule has 8 heteroatoms. The van der Waals surface area contributed by atoms with Crippen LogP contribution in [0, 0.1) is 5.92 Å². The SMILES string of the molecule is O=C1N(CCN2CCC(COc3ccccc3)CC2)CCN1c1ccc(C(F)(F)F)cc1. The van der Waals surface area contributed by atoms with Crippen LogP contribution in [0.15, 0.2) is 54.6 Å². The summed E-state index contributed by atoms with van der Waals surface area (Å²) in [6, 6.07) is 14.5. The van der Waals surface area contributed by atoms with Crippen LogP contribution in [-0.4, -0.2) is 61.7 Å². The summed E-state index contributed by atoms with van der Waals surface area (Å²) in [5.41, 5.74) is -0.202. The van der Waals surface area contributed by atoms with Gasteiger partial charge < -0.3 is 14.5 Å². The van der Waals surface area contributed by atoms with Crippen LogP contribution < -0.4 is 9.64 Å². The number of halogens is 3. The van der Waals surface area contributed by atoms with Crippen molar-refractivity contribution in [1.82, 2.24) is 9.80 Å². The highest BCUT2D eigenvalue weighted by Crippen LogP contribution is 2.31. The first-order valence-corrected chi connectivity index (χ1v) is 11.0. The van der Waals surface area contributed by atoms with Crippen molar-refractivity contribution in [2.45, 2.75) is 19.0 Å². The molecule has 2 saturated heterocycles. The highest BCUT2D eigenvalue weighted by atomic mass is 19.4. The van der Waals surface area contributed by atoms with Crippen molar-refractivity contribution >= 4 is 11.7 Å². The summed E-state index contributed by atoms with van der Waals surface area (Å²) in [6.07, 6.45) is -2.24. The van der Waals surface area contributed by atoms with Crippen molar-refractivity contribution in [3.8, 4) is 5.75 Å². The molecule has 4 rings (SSSR count). The molecule has 0 spiro atoms. The third-order valence-electron chi connectivity index (χ3n) is 6.22. The number of hydrogen-bond acceptors (Lipinski definition) is 3. The Morgan fingerprint density at radius 2 is 1.56 bits per heavy atom. The Hall–Kier alpha value is -2.74. The van der Waals surface area contributed by atoms with Crippen LogP contribution >= 0.6 is 0 Å². The minimum Gasteiger partial charge on any atom is -0.493 e. The second-order valence-corrected chi connectivity index (χ2v) is 8.37. The third kappa shape index (κ3) is 5.54. The Balaban J connectivity index is 1.19. The van der Waals surface area contributed by atoms with E-state index in [1.165, 1.54) is 12.1 Å². The maximum Gasteiger partial charge on any atom is 0.416 e. The summed E-state index contributed by atoms with van der Waals surface area (Å²) in [4.78, 5) is 18.4. The van der Waals surface area contributed by atoms with Gasteiger partial charge in [-0.25, -0.2) is 4.79 Å². The number of carbonyl (C=O) groups excluding carboxylic acids is 1. The maximum atomic E-state index is 12.8. The predicted octanol–water partition coefficient (Wildman–Crippen LogP) is 4.74. The largest absolute Gasteiger partial charge is 0.493 e. The normalized spacial score (nSPS) is 18.4. The Morgan fingerprint density at radius 1 is 0.875 bits per heavy atom. The number of alkyl halides is 3. The first kappa shape index (κ1) is 22.5. The van der Waals surface area contributed by atoms with Gasteiger partial charge in [-0.1, -0.05) is 18.2 Å². The van der Waals surface area contributed by atoms with E-state index in [2.05, 4.69) is 4.90 Å². The van der Waals surface area contributed by atoms with Gasteiger partial charge in [-0.05, 0) is 68.2 Å². The molecule has 5 nitrogen and oxygen atoms in total. The maximum absolute atomic E-state index is 12.8. The number of rotatable bonds is 7. The lowest BCUT2D eigenvalue weighted by molar-refractivity contribution is -0.137. The molecular weight excluding hydrogens is 419 g/mol. The minimum atomic E-state index is -4.37. The molecule has 2 amide bonds. The molecule has 0 atom stereocenters. The van der Waals surface area contributed by atoms with Gasteiger partial charge in [0.1, 0.15) is 5.75 Å². The van der Waals surface area contributed by atoms with Gasteiger partial charge in [-0.2, -0.15) is 13.2 Å². The molecule has 0 radical (unpaired) electrons. The molecule has 0 N–H and O–H groups in total. The molecule has 2 aliphatic rings. The second kappa shape index (κ2) is 9.81. The van der Waals surface area contributed by atoms with E-state index in [0.29, 0.717) is 31.2 Å². The van der Waals surface area contributed by atoms with Crippen molar-refractivity contribution in [2.24, 2.45) is 5.92 Å². The molecule has 0 unspecified atom stereocenters. The van der Waals surface area contributed by atoms with E-state index in [0.717, 1.165) is 57.0 Å². The van der Waals surface area contributed by atoms with Crippen molar-refractivity contribution in [1.29, 1.82) is 0 Å². The van der Waals surface area contributed by atoms with E-state index < -0.39 is 11.7 Å². The average molecular weight is 448 g/mol. The fourth-order valence-electron chi connectivity index (χ4n) is 4.23. The number of amides is 2. The monoisotopic (exact) mass is 447 g/mol. The van der Waals surface area contributed by atoms with E-state index in [-0.39, 0.29) is 6.03 Å². The number of ether oxygens (including phenoxy) is 1. The number of benzene rings is 2. The minimum absolute atomic E-state index is 0.143. The van der Waals surface area contributed by atoms with Gasteiger partial charge >= 0.3 is 12.2 Å². The molecule has 2 aliphatic heterocycles. The highest BCUT2D eigenvalue weighted by molar-refractivity contribution is 5.94. The van der Waals surface area contributed by atoms with Crippen molar-refractivity contribution < 1.29 is 22.7 Å². The fraction of sp³-hybridized carbons (Fsp3) is 0.458. The van der Waals surface area contributed by atoms with Gasteiger partial charge in [0, 0.05) is 31.9 Å². The van der Waals surface area contributed by atoms with E-state index in [1.54, 1.807) is 9.80 Å².